The Bertz CT molecular complexity index is 530. The largest absolute Gasteiger partial charge is 0.377 e. The maximum absolute atomic E-state index is 12.7. The van der Waals surface area contributed by atoms with Gasteiger partial charge in [0.15, 0.2) is 0 Å². The van der Waals surface area contributed by atoms with Gasteiger partial charge in [-0.2, -0.15) is 0 Å². The first kappa shape index (κ1) is 18.4. The van der Waals surface area contributed by atoms with Crippen molar-refractivity contribution in [2.45, 2.75) is 6.04 Å². The van der Waals surface area contributed by atoms with Gasteiger partial charge in [0.2, 0.25) is 5.91 Å². The lowest BCUT2D eigenvalue weighted by atomic mass is 10.1. The molecule has 0 bridgehead atoms. The molecule has 0 spiro atoms. The summed E-state index contributed by atoms with van der Waals surface area (Å²) in [5, 5.41) is 2.79. The van der Waals surface area contributed by atoms with Crippen LogP contribution in [-0.4, -0.2) is 80.6 Å². The summed E-state index contributed by atoms with van der Waals surface area (Å²) in [6, 6.07) is 8.15. The van der Waals surface area contributed by atoms with Gasteiger partial charge in [-0.3, -0.25) is 9.59 Å². The van der Waals surface area contributed by atoms with Crippen LogP contribution in [0.3, 0.4) is 0 Å². The van der Waals surface area contributed by atoms with Gasteiger partial charge in [-0.1, -0.05) is 18.2 Å². The maximum atomic E-state index is 12.7. The molecular formula is C17H26N4O3. The van der Waals surface area contributed by atoms with E-state index in [9.17, 15) is 9.59 Å². The van der Waals surface area contributed by atoms with Crippen LogP contribution < -0.4 is 11.1 Å². The van der Waals surface area contributed by atoms with E-state index in [0.717, 1.165) is 13.1 Å². The van der Waals surface area contributed by atoms with Crippen molar-refractivity contribution >= 4 is 11.8 Å². The summed E-state index contributed by atoms with van der Waals surface area (Å²) in [5.74, 6) is -0.385. The van der Waals surface area contributed by atoms with Gasteiger partial charge in [-0.05, 0) is 19.2 Å². The van der Waals surface area contributed by atoms with Crippen molar-refractivity contribution in [3.63, 3.8) is 0 Å². The topological polar surface area (TPSA) is 87.9 Å². The van der Waals surface area contributed by atoms with Crippen LogP contribution >= 0.6 is 0 Å². The lowest BCUT2D eigenvalue weighted by Gasteiger charge is -2.34. The van der Waals surface area contributed by atoms with Crippen molar-refractivity contribution in [1.82, 2.24) is 15.1 Å². The van der Waals surface area contributed by atoms with E-state index >= 15 is 0 Å². The first-order valence-corrected chi connectivity index (χ1v) is 8.23. The van der Waals surface area contributed by atoms with E-state index in [1.165, 1.54) is 0 Å². The lowest BCUT2D eigenvalue weighted by Crippen LogP contribution is -2.55. The van der Waals surface area contributed by atoms with E-state index in [1.807, 2.05) is 13.1 Å². The van der Waals surface area contributed by atoms with E-state index in [0.29, 0.717) is 31.8 Å². The molecular weight excluding hydrogens is 308 g/mol. The minimum Gasteiger partial charge on any atom is -0.377 e. The minimum atomic E-state index is -0.701. The maximum Gasteiger partial charge on any atom is 0.251 e. The number of nitrogens with one attached hydrogen (secondary N) is 1. The lowest BCUT2D eigenvalue weighted by molar-refractivity contribution is -0.136. The minimum absolute atomic E-state index is 0.107. The highest BCUT2D eigenvalue weighted by Crippen LogP contribution is 2.05. The number of amides is 2. The SMILES string of the molecule is CN1CCN(C(=O)[C@H](COCCN)NC(=O)c2ccccc2)CC1. The summed E-state index contributed by atoms with van der Waals surface area (Å²) in [7, 11) is 2.03. The zero-order valence-corrected chi connectivity index (χ0v) is 14.1. The molecule has 3 N–H and O–H groups in total. The number of ether oxygens (including phenoxy) is 1. The fourth-order valence-electron chi connectivity index (χ4n) is 2.54. The molecule has 1 heterocycles. The Morgan fingerprint density at radius 3 is 2.50 bits per heavy atom. The molecule has 1 aromatic carbocycles. The van der Waals surface area contributed by atoms with Crippen molar-refractivity contribution in [1.29, 1.82) is 0 Å². The van der Waals surface area contributed by atoms with Gasteiger partial charge >= 0.3 is 0 Å². The molecule has 7 nitrogen and oxygen atoms in total. The van der Waals surface area contributed by atoms with Crippen LogP contribution in [0, 0.1) is 0 Å². The molecule has 1 aromatic rings. The van der Waals surface area contributed by atoms with Crippen LogP contribution in [0.1, 0.15) is 10.4 Å². The number of hydrogen-bond donors (Lipinski definition) is 2. The van der Waals surface area contributed by atoms with Crippen LogP contribution in [0.15, 0.2) is 30.3 Å². The first-order chi connectivity index (χ1) is 11.6. The van der Waals surface area contributed by atoms with Gasteiger partial charge in [-0.25, -0.2) is 0 Å². The molecule has 24 heavy (non-hydrogen) atoms. The second-order valence-electron chi connectivity index (χ2n) is 5.88. The summed E-state index contributed by atoms with van der Waals surface area (Å²) < 4.78 is 5.42. The Hall–Kier alpha value is -1.96. The first-order valence-electron chi connectivity index (χ1n) is 8.23. The number of benzene rings is 1. The Kier molecular flexibility index (Phi) is 7.17. The van der Waals surface area contributed by atoms with Gasteiger partial charge in [-0.15, -0.1) is 0 Å². The molecule has 1 atom stereocenters. The van der Waals surface area contributed by atoms with Crippen molar-refractivity contribution in [3.05, 3.63) is 35.9 Å². The van der Waals surface area contributed by atoms with Gasteiger partial charge < -0.3 is 25.6 Å². The van der Waals surface area contributed by atoms with Crippen LogP contribution in [0.25, 0.3) is 0 Å². The van der Waals surface area contributed by atoms with Crippen LogP contribution in [0.5, 0.6) is 0 Å². The Morgan fingerprint density at radius 1 is 1.21 bits per heavy atom. The van der Waals surface area contributed by atoms with E-state index in [-0.39, 0.29) is 18.4 Å². The molecule has 1 aliphatic rings. The molecule has 1 aliphatic heterocycles. The third-order valence-electron chi connectivity index (χ3n) is 4.00. The average Bonchev–Trinajstić information content (AvgIpc) is 2.61. The number of nitrogens with two attached hydrogens (primary N) is 1. The van der Waals surface area contributed by atoms with E-state index in [2.05, 4.69) is 10.2 Å². The number of rotatable bonds is 7. The molecule has 0 aromatic heterocycles. The number of nitrogens with zero attached hydrogens (tertiary/aromatic N) is 2. The van der Waals surface area contributed by atoms with E-state index in [1.54, 1.807) is 29.2 Å². The van der Waals surface area contributed by atoms with Gasteiger partial charge in [0.1, 0.15) is 6.04 Å². The molecule has 1 saturated heterocycles. The second-order valence-corrected chi connectivity index (χ2v) is 5.88. The van der Waals surface area contributed by atoms with Crippen molar-refractivity contribution < 1.29 is 14.3 Å². The Morgan fingerprint density at radius 2 is 1.88 bits per heavy atom. The molecule has 7 heteroatoms. The molecule has 132 valence electrons. The molecule has 0 saturated carbocycles. The quantitative estimate of drug-likeness (QED) is 0.659. The molecule has 1 fully saturated rings. The number of carbonyl (C=O) groups is 2. The highest BCUT2D eigenvalue weighted by Gasteiger charge is 2.28. The zero-order valence-electron chi connectivity index (χ0n) is 14.1. The predicted octanol–water partition coefficient (Wildman–Crippen LogP) is -0.466. The Labute approximate surface area is 142 Å². The van der Waals surface area contributed by atoms with Crippen LogP contribution in [0.2, 0.25) is 0 Å². The highest BCUT2D eigenvalue weighted by atomic mass is 16.5. The summed E-state index contributed by atoms with van der Waals surface area (Å²) in [6.07, 6.45) is 0. The fourth-order valence-corrected chi connectivity index (χ4v) is 2.54. The van der Waals surface area contributed by atoms with E-state index < -0.39 is 6.04 Å². The van der Waals surface area contributed by atoms with Gasteiger partial charge in [0.25, 0.3) is 5.91 Å². The van der Waals surface area contributed by atoms with Crippen molar-refractivity contribution in [2.24, 2.45) is 5.73 Å². The molecule has 2 rings (SSSR count). The van der Waals surface area contributed by atoms with Gasteiger partial charge in [0.05, 0.1) is 13.2 Å². The summed E-state index contributed by atoms with van der Waals surface area (Å²) >= 11 is 0. The standard InChI is InChI=1S/C17H26N4O3/c1-20-8-10-21(11-9-20)17(23)15(13-24-12-7-18)19-16(22)14-5-3-2-4-6-14/h2-6,15H,7-13,18H2,1H3,(H,19,22)/t15-/m0/s1. The summed E-state index contributed by atoms with van der Waals surface area (Å²) in [6.45, 7) is 3.83. The monoisotopic (exact) mass is 334 g/mol. The number of carbonyl (C=O) groups excluding carboxylic acids is 2. The molecule has 2 amide bonds. The van der Waals surface area contributed by atoms with Crippen LogP contribution in [-0.2, 0) is 9.53 Å². The van der Waals surface area contributed by atoms with Crippen molar-refractivity contribution in [2.75, 3.05) is 53.0 Å². The van der Waals surface area contributed by atoms with Crippen molar-refractivity contribution in [3.8, 4) is 0 Å². The number of hydrogen-bond acceptors (Lipinski definition) is 5. The fraction of sp³-hybridized carbons (Fsp3) is 0.529. The molecule has 0 unspecified atom stereocenters. The van der Waals surface area contributed by atoms with Crippen LogP contribution in [0.4, 0.5) is 0 Å². The van der Waals surface area contributed by atoms with Gasteiger partial charge in [0, 0.05) is 38.3 Å². The molecule has 0 aliphatic carbocycles. The molecule has 0 radical (unpaired) electrons. The zero-order chi connectivity index (χ0) is 17.4. The normalized spacial score (nSPS) is 16.7. The Balaban J connectivity index is 2.00. The predicted molar refractivity (Wildman–Crippen MR) is 91.6 cm³/mol. The third-order valence-corrected chi connectivity index (χ3v) is 4.00. The number of piperazine rings is 1. The summed E-state index contributed by atoms with van der Waals surface area (Å²) in [5.41, 5.74) is 5.95. The third kappa shape index (κ3) is 5.30. The second kappa shape index (κ2) is 9.36. The average molecular weight is 334 g/mol. The summed E-state index contributed by atoms with van der Waals surface area (Å²) in [4.78, 5) is 29.1. The highest BCUT2D eigenvalue weighted by molar-refractivity contribution is 5.97. The number of likely N-dealkylation sites (N-methyl/N-ethyl adjacent to an activating group) is 1. The van der Waals surface area contributed by atoms with E-state index in [4.69, 9.17) is 10.5 Å². The smallest absolute Gasteiger partial charge is 0.251 e.